The van der Waals surface area contributed by atoms with Crippen molar-refractivity contribution < 1.29 is 37.7 Å². The van der Waals surface area contributed by atoms with Gasteiger partial charge in [-0.1, -0.05) is 0 Å². The lowest BCUT2D eigenvalue weighted by Crippen LogP contribution is -2.39. The zero-order valence-electron chi connectivity index (χ0n) is 18.9. The highest BCUT2D eigenvalue weighted by molar-refractivity contribution is 5.98. The fourth-order valence-electron chi connectivity index (χ4n) is 5.12. The molecule has 0 aromatic heterocycles. The summed E-state index contributed by atoms with van der Waals surface area (Å²) in [5, 5.41) is 0. The van der Waals surface area contributed by atoms with E-state index < -0.39 is 0 Å². The summed E-state index contributed by atoms with van der Waals surface area (Å²) in [6, 6.07) is 5.49. The Morgan fingerprint density at radius 3 is 2.22 bits per heavy atom. The van der Waals surface area contributed by atoms with Crippen molar-refractivity contribution in [3.8, 4) is 34.5 Å². The van der Waals surface area contributed by atoms with Gasteiger partial charge in [0.15, 0.2) is 28.8 Å². The number of fused-ring (bicyclic) bond motifs is 2. The van der Waals surface area contributed by atoms with Crippen molar-refractivity contribution in [2.75, 3.05) is 54.9 Å². The Morgan fingerprint density at radius 1 is 0.938 bits per heavy atom. The number of carbonyl (C=O) groups excluding carboxylic acids is 1. The second kappa shape index (κ2) is 7.78. The van der Waals surface area contributed by atoms with Gasteiger partial charge in [-0.05, 0) is 23.8 Å². The second-order valence-electron chi connectivity index (χ2n) is 8.41. The third kappa shape index (κ3) is 3.12. The molecule has 0 radical (unpaired) electrons. The average Bonchev–Trinajstić information content (AvgIpc) is 3.44. The third-order valence-electron chi connectivity index (χ3n) is 6.93. The largest absolute Gasteiger partial charge is 0.493 e. The molecule has 0 saturated carbocycles. The molecular formula is C24H28NO7+. The Kier molecular flexibility index (Phi) is 5.04. The van der Waals surface area contributed by atoms with Crippen molar-refractivity contribution >= 4 is 5.78 Å². The second-order valence-corrected chi connectivity index (χ2v) is 8.41. The standard InChI is InChI=1S/C24H28NO7/c1-27-18-10-15(11-19(28-2)22(18)29-3)17(26)12-16-21-14(5-6-25(16)7-8-25)9-20-23(24(21)30-4)32-13-31-20/h9-11,16H,5-8,12-13H2,1-4H3/q+1. The van der Waals surface area contributed by atoms with Crippen LogP contribution in [0.15, 0.2) is 18.2 Å². The molecular weight excluding hydrogens is 414 g/mol. The summed E-state index contributed by atoms with van der Waals surface area (Å²) in [6.07, 6.45) is 1.28. The van der Waals surface area contributed by atoms with Gasteiger partial charge in [0.2, 0.25) is 18.3 Å². The molecule has 1 fully saturated rings. The summed E-state index contributed by atoms with van der Waals surface area (Å²) in [7, 11) is 6.29. The molecule has 1 unspecified atom stereocenters. The summed E-state index contributed by atoms with van der Waals surface area (Å²) in [6.45, 7) is 3.31. The number of benzene rings is 2. The Bertz CT molecular complexity index is 1050. The number of hydrogen-bond donors (Lipinski definition) is 0. The molecule has 2 aromatic rings. The van der Waals surface area contributed by atoms with E-state index in [0.29, 0.717) is 40.7 Å². The number of quaternary nitrogens is 1. The van der Waals surface area contributed by atoms with Crippen LogP contribution in [0.4, 0.5) is 0 Å². The number of rotatable bonds is 7. The SMILES string of the molecule is COc1cc(C(=O)CC2c3c(cc4c(c3OC)OCO4)CC[N+]23CC3)cc(OC)c1OC. The summed E-state index contributed by atoms with van der Waals surface area (Å²) in [4.78, 5) is 13.5. The summed E-state index contributed by atoms with van der Waals surface area (Å²) < 4.78 is 34.3. The molecule has 1 atom stereocenters. The Morgan fingerprint density at radius 2 is 1.62 bits per heavy atom. The number of nitrogens with zero attached hydrogens (tertiary/aromatic N) is 1. The lowest BCUT2D eigenvalue weighted by Gasteiger charge is -2.35. The first-order valence-corrected chi connectivity index (χ1v) is 10.7. The topological polar surface area (TPSA) is 72.5 Å². The van der Waals surface area contributed by atoms with Gasteiger partial charge < -0.3 is 32.9 Å². The summed E-state index contributed by atoms with van der Waals surface area (Å²) >= 11 is 0. The van der Waals surface area contributed by atoms with E-state index in [2.05, 4.69) is 6.07 Å². The van der Waals surface area contributed by atoms with E-state index in [0.717, 1.165) is 41.9 Å². The lowest BCUT2D eigenvalue weighted by atomic mass is 9.87. The highest BCUT2D eigenvalue weighted by Crippen LogP contribution is 2.54. The number of ketones is 1. The van der Waals surface area contributed by atoms with Gasteiger partial charge in [-0.15, -0.1) is 0 Å². The molecule has 3 aliphatic heterocycles. The van der Waals surface area contributed by atoms with Gasteiger partial charge in [-0.2, -0.15) is 0 Å². The van der Waals surface area contributed by atoms with Crippen LogP contribution in [-0.2, 0) is 6.42 Å². The number of ether oxygens (including phenoxy) is 6. The number of methoxy groups -OCH3 is 4. The molecule has 32 heavy (non-hydrogen) atoms. The molecule has 3 aliphatic rings. The lowest BCUT2D eigenvalue weighted by molar-refractivity contribution is -0.835. The molecule has 3 heterocycles. The predicted molar refractivity (Wildman–Crippen MR) is 115 cm³/mol. The van der Waals surface area contributed by atoms with Crippen molar-refractivity contribution in [1.82, 2.24) is 0 Å². The fraction of sp³-hybridized carbons (Fsp3) is 0.458. The van der Waals surface area contributed by atoms with E-state index in [1.807, 2.05) is 0 Å². The van der Waals surface area contributed by atoms with Crippen molar-refractivity contribution in [2.45, 2.75) is 18.9 Å². The van der Waals surface area contributed by atoms with Crippen molar-refractivity contribution in [1.29, 1.82) is 0 Å². The van der Waals surface area contributed by atoms with Gasteiger partial charge in [-0.25, -0.2) is 0 Å². The molecule has 2 aromatic carbocycles. The first-order valence-electron chi connectivity index (χ1n) is 10.7. The number of Topliss-reactive ketones (excluding diaryl/α,β-unsaturated/α-hetero) is 1. The van der Waals surface area contributed by atoms with Crippen LogP contribution in [0.1, 0.15) is 33.9 Å². The normalized spacial score (nSPS) is 19.3. The summed E-state index contributed by atoms with van der Waals surface area (Å²) in [5.41, 5.74) is 2.78. The van der Waals surface area contributed by atoms with Crippen LogP contribution in [0, 0.1) is 0 Å². The van der Waals surface area contributed by atoms with Crippen molar-refractivity contribution in [3.63, 3.8) is 0 Å². The highest BCUT2D eigenvalue weighted by atomic mass is 16.7. The van der Waals surface area contributed by atoms with Crippen LogP contribution in [0.3, 0.4) is 0 Å². The van der Waals surface area contributed by atoms with E-state index in [4.69, 9.17) is 28.4 Å². The minimum atomic E-state index is -0.00482. The van der Waals surface area contributed by atoms with Crippen LogP contribution < -0.4 is 28.4 Å². The van der Waals surface area contributed by atoms with Crippen molar-refractivity contribution in [2.24, 2.45) is 0 Å². The van der Waals surface area contributed by atoms with Crippen LogP contribution in [-0.4, -0.2) is 65.1 Å². The molecule has 1 spiro atoms. The Labute approximate surface area is 187 Å². The van der Waals surface area contributed by atoms with E-state index >= 15 is 0 Å². The molecule has 1 saturated heterocycles. The van der Waals surface area contributed by atoms with E-state index in [1.165, 1.54) is 5.56 Å². The Balaban J connectivity index is 1.55. The van der Waals surface area contributed by atoms with Gasteiger partial charge in [-0.3, -0.25) is 4.79 Å². The van der Waals surface area contributed by atoms with Gasteiger partial charge in [0.1, 0.15) is 19.1 Å². The molecule has 8 heteroatoms. The first kappa shape index (κ1) is 20.8. The minimum Gasteiger partial charge on any atom is -0.493 e. The van der Waals surface area contributed by atoms with Gasteiger partial charge >= 0.3 is 0 Å². The monoisotopic (exact) mass is 442 g/mol. The molecule has 0 amide bonds. The molecule has 0 bridgehead atoms. The maximum atomic E-state index is 13.5. The predicted octanol–water partition coefficient (Wildman–Crippen LogP) is 3.15. The van der Waals surface area contributed by atoms with E-state index in [9.17, 15) is 4.79 Å². The minimum absolute atomic E-state index is 0.00482. The molecule has 5 rings (SSSR count). The molecule has 0 N–H and O–H groups in total. The number of carbonyl (C=O) groups is 1. The molecule has 0 aliphatic carbocycles. The van der Waals surface area contributed by atoms with Crippen molar-refractivity contribution in [3.05, 3.63) is 34.9 Å². The van der Waals surface area contributed by atoms with Crippen LogP contribution >= 0.6 is 0 Å². The number of hydrogen-bond acceptors (Lipinski definition) is 7. The smallest absolute Gasteiger partial charge is 0.231 e. The maximum Gasteiger partial charge on any atom is 0.231 e. The molecule has 170 valence electrons. The quantitative estimate of drug-likeness (QED) is 0.371. The third-order valence-corrected chi connectivity index (χ3v) is 6.93. The fourth-order valence-corrected chi connectivity index (χ4v) is 5.12. The summed E-state index contributed by atoms with van der Waals surface area (Å²) in [5.74, 6) is 3.48. The van der Waals surface area contributed by atoms with Crippen LogP contribution in [0.2, 0.25) is 0 Å². The first-order chi connectivity index (χ1) is 15.5. The maximum absolute atomic E-state index is 13.5. The zero-order valence-corrected chi connectivity index (χ0v) is 18.9. The average molecular weight is 442 g/mol. The molecule has 8 nitrogen and oxygen atoms in total. The van der Waals surface area contributed by atoms with Gasteiger partial charge in [0.05, 0.1) is 47.0 Å². The van der Waals surface area contributed by atoms with Gasteiger partial charge in [0.25, 0.3) is 0 Å². The zero-order chi connectivity index (χ0) is 22.5. The Hall–Kier alpha value is -3.13. The van der Waals surface area contributed by atoms with E-state index in [1.54, 1.807) is 40.6 Å². The van der Waals surface area contributed by atoms with Crippen LogP contribution in [0.5, 0.6) is 34.5 Å². The highest BCUT2D eigenvalue weighted by Gasteiger charge is 2.54. The van der Waals surface area contributed by atoms with E-state index in [-0.39, 0.29) is 18.6 Å². The van der Waals surface area contributed by atoms with Crippen LogP contribution in [0.25, 0.3) is 0 Å². The van der Waals surface area contributed by atoms with Gasteiger partial charge in [0, 0.05) is 12.0 Å².